The van der Waals surface area contributed by atoms with Gasteiger partial charge in [-0.1, -0.05) is 37.6 Å². The van der Waals surface area contributed by atoms with Crippen LogP contribution in [-0.2, 0) is 4.74 Å². The summed E-state index contributed by atoms with van der Waals surface area (Å²) >= 11 is 0. The van der Waals surface area contributed by atoms with Gasteiger partial charge in [-0.3, -0.25) is 0 Å². The molecule has 2 atom stereocenters. The van der Waals surface area contributed by atoms with Crippen LogP contribution in [0.1, 0.15) is 44.3 Å². The zero-order chi connectivity index (χ0) is 26.5. The van der Waals surface area contributed by atoms with Crippen LogP contribution in [-0.4, -0.2) is 13.0 Å². The fourth-order valence-electron chi connectivity index (χ4n) is 4.58. The highest BCUT2D eigenvalue weighted by Crippen LogP contribution is 2.36. The monoisotopic (exact) mass is 520 g/mol. The van der Waals surface area contributed by atoms with Crippen molar-refractivity contribution in [2.45, 2.75) is 45.1 Å². The summed E-state index contributed by atoms with van der Waals surface area (Å²) in [4.78, 5) is 0. The van der Waals surface area contributed by atoms with Crippen LogP contribution in [0.25, 0.3) is 22.3 Å². The normalized spacial score (nSPS) is 18.1. The Morgan fingerprint density at radius 2 is 1.51 bits per heavy atom. The molecule has 1 aliphatic rings. The van der Waals surface area contributed by atoms with E-state index < -0.39 is 35.4 Å². The van der Waals surface area contributed by atoms with Gasteiger partial charge in [-0.25, -0.2) is 26.3 Å². The van der Waals surface area contributed by atoms with Gasteiger partial charge in [-0.15, -0.1) is 0 Å². The second-order valence-corrected chi connectivity index (χ2v) is 9.04. The fourth-order valence-corrected chi connectivity index (χ4v) is 4.58. The molecule has 0 amide bonds. The number of ether oxygens (including phenoxy) is 2. The van der Waals surface area contributed by atoms with Crippen LogP contribution in [0.4, 0.5) is 26.3 Å². The minimum absolute atomic E-state index is 0.120. The molecule has 37 heavy (non-hydrogen) atoms. The Kier molecular flexibility index (Phi) is 8.59. The third kappa shape index (κ3) is 6.36. The van der Waals surface area contributed by atoms with Crippen molar-refractivity contribution in [1.29, 1.82) is 0 Å². The number of halogens is 6. The summed E-state index contributed by atoms with van der Waals surface area (Å²) in [6, 6.07) is 10.2. The predicted molar refractivity (Wildman–Crippen MR) is 129 cm³/mol. The molecule has 1 saturated heterocycles. The summed E-state index contributed by atoms with van der Waals surface area (Å²) < 4.78 is 93.5. The average molecular weight is 521 g/mol. The van der Waals surface area contributed by atoms with Crippen LogP contribution in [0.5, 0.6) is 5.75 Å². The molecule has 3 aromatic carbocycles. The van der Waals surface area contributed by atoms with E-state index in [1.807, 2.05) is 0 Å². The summed E-state index contributed by atoms with van der Waals surface area (Å²) in [6.45, 7) is 2.78. The summed E-state index contributed by atoms with van der Waals surface area (Å²) in [6.07, 6.45) is 1.81. The molecular weight excluding hydrogens is 494 g/mol. The maximum Gasteiger partial charge on any atom is 0.260 e. The Balaban J connectivity index is 1.53. The lowest BCUT2D eigenvalue weighted by atomic mass is 9.91. The van der Waals surface area contributed by atoms with Crippen molar-refractivity contribution in [3.05, 3.63) is 89.7 Å². The lowest BCUT2D eigenvalue weighted by molar-refractivity contribution is -0.0195. The van der Waals surface area contributed by atoms with Crippen molar-refractivity contribution in [2.24, 2.45) is 5.92 Å². The minimum atomic E-state index is -2.85. The molecule has 0 saturated carbocycles. The van der Waals surface area contributed by atoms with Gasteiger partial charge in [0, 0.05) is 17.2 Å². The van der Waals surface area contributed by atoms with Crippen LogP contribution in [0.3, 0.4) is 0 Å². The first-order valence-corrected chi connectivity index (χ1v) is 12.1. The van der Waals surface area contributed by atoms with E-state index in [0.29, 0.717) is 24.9 Å². The van der Waals surface area contributed by atoms with Crippen LogP contribution in [0.15, 0.2) is 60.9 Å². The molecule has 4 rings (SSSR count). The number of rotatable bonds is 8. The topological polar surface area (TPSA) is 18.5 Å². The maximum absolute atomic E-state index is 15.0. The first-order valence-electron chi connectivity index (χ1n) is 12.1. The van der Waals surface area contributed by atoms with Crippen molar-refractivity contribution in [3.8, 4) is 28.0 Å². The lowest BCUT2D eigenvalue weighted by Gasteiger charge is -2.29. The molecule has 0 aliphatic carbocycles. The van der Waals surface area contributed by atoms with Crippen LogP contribution < -0.4 is 4.74 Å². The molecule has 1 fully saturated rings. The van der Waals surface area contributed by atoms with Crippen molar-refractivity contribution >= 4 is 0 Å². The number of allylic oxidation sites excluding steroid dienone is 1. The third-order valence-electron chi connectivity index (χ3n) is 6.43. The van der Waals surface area contributed by atoms with Gasteiger partial charge in [0.2, 0.25) is 0 Å². The first kappa shape index (κ1) is 26.8. The number of hydrogen-bond donors (Lipinski definition) is 0. The molecule has 0 aromatic heterocycles. The summed E-state index contributed by atoms with van der Waals surface area (Å²) in [5.41, 5.74) is 0.919. The second kappa shape index (κ2) is 11.9. The molecule has 196 valence electrons. The van der Waals surface area contributed by atoms with Gasteiger partial charge in [-0.05, 0) is 66.1 Å². The Morgan fingerprint density at radius 1 is 0.865 bits per heavy atom. The smallest absolute Gasteiger partial charge is 0.260 e. The van der Waals surface area contributed by atoms with Crippen molar-refractivity contribution in [3.63, 3.8) is 0 Å². The van der Waals surface area contributed by atoms with Gasteiger partial charge in [0.1, 0.15) is 11.6 Å². The number of alkyl halides is 2. The van der Waals surface area contributed by atoms with Gasteiger partial charge in [0.15, 0.2) is 17.4 Å². The zero-order valence-corrected chi connectivity index (χ0v) is 20.1. The molecule has 3 aromatic rings. The molecule has 2 nitrogen and oxygen atoms in total. The molecule has 1 heterocycles. The van der Waals surface area contributed by atoms with E-state index in [9.17, 15) is 22.0 Å². The Labute approximate surface area is 211 Å². The standard InChI is InChI=1S/C29H26F6O2/c1-2-3-17-4-9-27(37-16-17)19-6-8-21(24(31)13-19)18-5-7-22(23(30)12-18)20-14-25(32)29(26(33)15-20)36-11-10-28(34)35/h5-8,10-15,17,27-28H,2-4,9,16H2,1H3/b11-10+. The van der Waals surface area contributed by atoms with Crippen molar-refractivity contribution in [2.75, 3.05) is 6.61 Å². The van der Waals surface area contributed by atoms with E-state index in [-0.39, 0.29) is 28.4 Å². The second-order valence-electron chi connectivity index (χ2n) is 9.04. The molecule has 2 unspecified atom stereocenters. The Hall–Kier alpha value is -3.26. The predicted octanol–water partition coefficient (Wildman–Crippen LogP) is 9.00. The van der Waals surface area contributed by atoms with Crippen molar-refractivity contribution in [1.82, 2.24) is 0 Å². The van der Waals surface area contributed by atoms with E-state index in [2.05, 4.69) is 11.7 Å². The quantitative estimate of drug-likeness (QED) is 0.218. The van der Waals surface area contributed by atoms with Gasteiger partial charge in [0.05, 0.1) is 19.0 Å². The van der Waals surface area contributed by atoms with Gasteiger partial charge < -0.3 is 9.47 Å². The van der Waals surface area contributed by atoms with E-state index in [1.54, 1.807) is 12.1 Å². The SMILES string of the molecule is CCCC1CCC(c2ccc(-c3ccc(-c4cc(F)c(O/C=C/C(F)F)c(F)c4)c(F)c3)c(F)c2)OC1. The summed E-state index contributed by atoms with van der Waals surface area (Å²) in [7, 11) is 0. The summed E-state index contributed by atoms with van der Waals surface area (Å²) in [5.74, 6) is -4.08. The highest BCUT2D eigenvalue weighted by atomic mass is 19.3. The molecule has 1 aliphatic heterocycles. The van der Waals surface area contributed by atoms with Gasteiger partial charge >= 0.3 is 0 Å². The highest BCUT2D eigenvalue weighted by molar-refractivity contribution is 5.72. The molecule has 8 heteroatoms. The number of hydrogen-bond acceptors (Lipinski definition) is 2. The molecule has 0 bridgehead atoms. The Bertz CT molecular complexity index is 1240. The van der Waals surface area contributed by atoms with E-state index in [0.717, 1.165) is 49.4 Å². The van der Waals surface area contributed by atoms with Crippen LogP contribution >= 0.6 is 0 Å². The Morgan fingerprint density at radius 3 is 2.11 bits per heavy atom. The first-order chi connectivity index (χ1) is 17.8. The molecular formula is C29H26F6O2. The molecule has 0 radical (unpaired) electrons. The van der Waals surface area contributed by atoms with Crippen molar-refractivity contribution < 1.29 is 35.8 Å². The van der Waals surface area contributed by atoms with E-state index >= 15 is 4.39 Å². The summed E-state index contributed by atoms with van der Waals surface area (Å²) in [5, 5.41) is 0. The zero-order valence-electron chi connectivity index (χ0n) is 20.1. The van der Waals surface area contributed by atoms with Gasteiger partial charge in [0.25, 0.3) is 6.43 Å². The maximum atomic E-state index is 15.0. The van der Waals surface area contributed by atoms with Crippen LogP contribution in [0.2, 0.25) is 0 Å². The van der Waals surface area contributed by atoms with E-state index in [1.165, 1.54) is 18.2 Å². The minimum Gasteiger partial charge on any atom is -0.459 e. The number of benzene rings is 3. The fraction of sp³-hybridized carbons (Fsp3) is 0.310. The lowest BCUT2D eigenvalue weighted by Crippen LogP contribution is -2.20. The molecule has 0 N–H and O–H groups in total. The highest BCUT2D eigenvalue weighted by Gasteiger charge is 2.23. The molecule has 0 spiro atoms. The largest absolute Gasteiger partial charge is 0.459 e. The van der Waals surface area contributed by atoms with Gasteiger partial charge in [-0.2, -0.15) is 0 Å². The van der Waals surface area contributed by atoms with Crippen LogP contribution in [0, 0.1) is 29.2 Å². The van der Waals surface area contributed by atoms with E-state index in [4.69, 9.17) is 4.74 Å². The third-order valence-corrected chi connectivity index (χ3v) is 6.43. The average Bonchev–Trinajstić information content (AvgIpc) is 2.86.